The fourth-order valence-corrected chi connectivity index (χ4v) is 2.23. The third kappa shape index (κ3) is 2.98. The van der Waals surface area contributed by atoms with E-state index in [4.69, 9.17) is 0 Å². The van der Waals surface area contributed by atoms with Gasteiger partial charge in [-0.1, -0.05) is 0 Å². The molecule has 0 unspecified atom stereocenters. The summed E-state index contributed by atoms with van der Waals surface area (Å²) in [4.78, 5) is 3.04. The predicted molar refractivity (Wildman–Crippen MR) is 66.5 cm³/mol. The van der Waals surface area contributed by atoms with Crippen LogP contribution in [0.2, 0.25) is 0 Å². The second-order valence-corrected chi connectivity index (χ2v) is 5.79. The first-order valence-electron chi connectivity index (χ1n) is 5.19. The molecule has 0 radical (unpaired) electrons. The quantitative estimate of drug-likeness (QED) is 0.760. The Balaban J connectivity index is 2.14. The van der Waals surface area contributed by atoms with E-state index in [0.29, 0.717) is 13.0 Å². The SMILES string of the molecule is CS(=O)(=O)NCCc1c[nH]c2cc(O)ccc12. The molecular weight excluding hydrogens is 240 g/mol. The van der Waals surface area contributed by atoms with Gasteiger partial charge in [0.25, 0.3) is 0 Å². The van der Waals surface area contributed by atoms with E-state index in [1.807, 2.05) is 12.3 Å². The van der Waals surface area contributed by atoms with Crippen LogP contribution in [0.4, 0.5) is 0 Å². The van der Waals surface area contributed by atoms with Crippen LogP contribution in [0.3, 0.4) is 0 Å². The Morgan fingerprint density at radius 2 is 2.18 bits per heavy atom. The van der Waals surface area contributed by atoms with E-state index in [0.717, 1.165) is 22.7 Å². The average molecular weight is 254 g/mol. The molecule has 6 heteroatoms. The Kier molecular flexibility index (Phi) is 3.08. The van der Waals surface area contributed by atoms with E-state index in [-0.39, 0.29) is 5.75 Å². The van der Waals surface area contributed by atoms with Gasteiger partial charge in [0.1, 0.15) is 5.75 Å². The molecule has 0 amide bonds. The molecule has 0 bridgehead atoms. The molecule has 1 heterocycles. The molecule has 0 saturated carbocycles. The summed E-state index contributed by atoms with van der Waals surface area (Å²) < 4.78 is 24.3. The minimum Gasteiger partial charge on any atom is -0.508 e. The van der Waals surface area contributed by atoms with Gasteiger partial charge < -0.3 is 10.1 Å². The van der Waals surface area contributed by atoms with E-state index < -0.39 is 10.0 Å². The lowest BCUT2D eigenvalue weighted by molar-refractivity contribution is 0.476. The Morgan fingerprint density at radius 1 is 1.41 bits per heavy atom. The standard InChI is InChI=1S/C11H14N2O3S/c1-17(15,16)13-5-4-8-7-12-11-6-9(14)2-3-10(8)11/h2-3,6-7,12-14H,4-5H2,1H3. The monoisotopic (exact) mass is 254 g/mol. The largest absolute Gasteiger partial charge is 0.508 e. The number of aromatic nitrogens is 1. The van der Waals surface area contributed by atoms with Crippen LogP contribution in [0.1, 0.15) is 5.56 Å². The number of phenolic OH excluding ortho intramolecular Hbond substituents is 1. The number of aromatic amines is 1. The van der Waals surface area contributed by atoms with Crippen LogP contribution in [0.25, 0.3) is 10.9 Å². The van der Waals surface area contributed by atoms with Gasteiger partial charge in [0, 0.05) is 29.7 Å². The van der Waals surface area contributed by atoms with Crippen molar-refractivity contribution in [3.8, 4) is 5.75 Å². The molecule has 0 aliphatic heterocycles. The maximum absolute atomic E-state index is 10.9. The topological polar surface area (TPSA) is 82.2 Å². The maximum Gasteiger partial charge on any atom is 0.208 e. The van der Waals surface area contributed by atoms with E-state index in [1.165, 1.54) is 0 Å². The van der Waals surface area contributed by atoms with Gasteiger partial charge in [-0.2, -0.15) is 0 Å². The minimum atomic E-state index is -3.14. The molecular formula is C11H14N2O3S. The fourth-order valence-electron chi connectivity index (χ4n) is 1.75. The van der Waals surface area contributed by atoms with Crippen molar-refractivity contribution in [2.75, 3.05) is 12.8 Å². The van der Waals surface area contributed by atoms with Gasteiger partial charge in [0.05, 0.1) is 6.26 Å². The lowest BCUT2D eigenvalue weighted by Gasteiger charge is -2.01. The van der Waals surface area contributed by atoms with Crippen LogP contribution in [0.15, 0.2) is 24.4 Å². The van der Waals surface area contributed by atoms with Gasteiger partial charge in [0.15, 0.2) is 0 Å². The lowest BCUT2D eigenvalue weighted by Crippen LogP contribution is -2.24. The van der Waals surface area contributed by atoms with Crippen molar-refractivity contribution in [2.45, 2.75) is 6.42 Å². The van der Waals surface area contributed by atoms with E-state index >= 15 is 0 Å². The fraction of sp³-hybridized carbons (Fsp3) is 0.273. The second kappa shape index (κ2) is 4.38. The molecule has 92 valence electrons. The Morgan fingerprint density at radius 3 is 2.88 bits per heavy atom. The zero-order chi connectivity index (χ0) is 12.5. The number of fused-ring (bicyclic) bond motifs is 1. The van der Waals surface area contributed by atoms with Gasteiger partial charge in [-0.3, -0.25) is 0 Å². The summed E-state index contributed by atoms with van der Waals surface area (Å²) in [5.41, 5.74) is 1.87. The van der Waals surface area contributed by atoms with Crippen molar-refractivity contribution in [1.29, 1.82) is 0 Å². The molecule has 1 aromatic carbocycles. The van der Waals surface area contributed by atoms with Gasteiger partial charge in [-0.05, 0) is 24.1 Å². The lowest BCUT2D eigenvalue weighted by atomic mass is 10.1. The predicted octanol–water partition coefficient (Wildman–Crippen LogP) is 0.965. The highest BCUT2D eigenvalue weighted by Gasteiger charge is 2.05. The van der Waals surface area contributed by atoms with Crippen molar-refractivity contribution >= 4 is 20.9 Å². The summed E-state index contributed by atoms with van der Waals surface area (Å²) in [6, 6.07) is 5.07. The number of H-pyrrole nitrogens is 1. The highest BCUT2D eigenvalue weighted by Crippen LogP contribution is 2.22. The third-order valence-corrected chi connectivity index (χ3v) is 3.24. The number of nitrogens with one attached hydrogen (secondary N) is 2. The molecule has 0 fully saturated rings. The zero-order valence-corrected chi connectivity index (χ0v) is 10.2. The summed E-state index contributed by atoms with van der Waals surface area (Å²) in [5, 5.41) is 10.3. The summed E-state index contributed by atoms with van der Waals surface area (Å²) in [6.07, 6.45) is 3.58. The number of benzene rings is 1. The number of phenols is 1. The van der Waals surface area contributed by atoms with E-state index in [1.54, 1.807) is 12.1 Å². The number of hydrogen-bond acceptors (Lipinski definition) is 3. The third-order valence-electron chi connectivity index (χ3n) is 2.51. The number of sulfonamides is 1. The summed E-state index contributed by atoms with van der Waals surface area (Å²) in [5.74, 6) is 0.208. The van der Waals surface area contributed by atoms with Crippen molar-refractivity contribution in [3.05, 3.63) is 30.0 Å². The smallest absolute Gasteiger partial charge is 0.208 e. The van der Waals surface area contributed by atoms with Crippen molar-refractivity contribution in [1.82, 2.24) is 9.71 Å². The van der Waals surface area contributed by atoms with E-state index in [9.17, 15) is 13.5 Å². The molecule has 5 nitrogen and oxygen atoms in total. The van der Waals surface area contributed by atoms with E-state index in [2.05, 4.69) is 9.71 Å². The van der Waals surface area contributed by atoms with Crippen molar-refractivity contribution < 1.29 is 13.5 Å². The summed E-state index contributed by atoms with van der Waals surface area (Å²) in [6.45, 7) is 0.368. The normalized spacial score (nSPS) is 12.1. The van der Waals surface area contributed by atoms with Gasteiger partial charge in [-0.25, -0.2) is 13.1 Å². The van der Waals surface area contributed by atoms with Crippen LogP contribution in [-0.2, 0) is 16.4 Å². The highest BCUT2D eigenvalue weighted by molar-refractivity contribution is 7.88. The van der Waals surface area contributed by atoms with Crippen molar-refractivity contribution in [3.63, 3.8) is 0 Å². The number of rotatable bonds is 4. The van der Waals surface area contributed by atoms with Crippen LogP contribution < -0.4 is 4.72 Å². The first-order chi connectivity index (χ1) is 7.96. The Labute approximate surface area is 99.5 Å². The maximum atomic E-state index is 10.9. The molecule has 0 spiro atoms. The molecule has 0 atom stereocenters. The number of hydrogen-bond donors (Lipinski definition) is 3. The average Bonchev–Trinajstić information content (AvgIpc) is 2.59. The molecule has 3 N–H and O–H groups in total. The van der Waals surface area contributed by atoms with Crippen molar-refractivity contribution in [2.24, 2.45) is 0 Å². The zero-order valence-electron chi connectivity index (χ0n) is 9.40. The molecule has 0 aliphatic rings. The Hall–Kier alpha value is -1.53. The van der Waals surface area contributed by atoms with Crippen LogP contribution in [0.5, 0.6) is 5.75 Å². The number of aromatic hydroxyl groups is 1. The Bertz CT molecular complexity index is 631. The van der Waals surface area contributed by atoms with Gasteiger partial charge in [0.2, 0.25) is 10.0 Å². The summed E-state index contributed by atoms with van der Waals surface area (Å²) >= 11 is 0. The summed E-state index contributed by atoms with van der Waals surface area (Å²) in [7, 11) is -3.14. The minimum absolute atomic E-state index is 0.208. The molecule has 17 heavy (non-hydrogen) atoms. The molecule has 0 aliphatic carbocycles. The first-order valence-corrected chi connectivity index (χ1v) is 7.08. The second-order valence-electron chi connectivity index (χ2n) is 3.96. The molecule has 2 aromatic rings. The van der Waals surface area contributed by atoms with Gasteiger partial charge in [-0.15, -0.1) is 0 Å². The van der Waals surface area contributed by atoms with Gasteiger partial charge >= 0.3 is 0 Å². The molecule has 2 rings (SSSR count). The molecule has 0 saturated heterocycles. The molecule has 1 aromatic heterocycles. The van der Waals surface area contributed by atoms with Crippen LogP contribution >= 0.6 is 0 Å². The highest BCUT2D eigenvalue weighted by atomic mass is 32.2. The first kappa shape index (κ1) is 11.9. The van der Waals surface area contributed by atoms with Crippen LogP contribution in [-0.4, -0.2) is 31.3 Å². The van der Waals surface area contributed by atoms with Crippen LogP contribution in [0, 0.1) is 0 Å².